The van der Waals surface area contributed by atoms with Gasteiger partial charge in [-0.15, -0.1) is 0 Å². The van der Waals surface area contributed by atoms with Crippen LogP contribution in [-0.2, 0) is 4.79 Å². The molecular weight excluding hydrogens is 382 g/mol. The van der Waals surface area contributed by atoms with Crippen LogP contribution in [0.15, 0.2) is 23.3 Å². The van der Waals surface area contributed by atoms with Crippen LogP contribution in [0.4, 0.5) is 11.8 Å². The first-order valence-electron chi connectivity index (χ1n) is 10.7. The zero-order valence-electron chi connectivity index (χ0n) is 17.7. The number of aromatic nitrogens is 4. The summed E-state index contributed by atoms with van der Waals surface area (Å²) in [5, 5.41) is 6.77. The van der Waals surface area contributed by atoms with Crippen molar-refractivity contribution in [3.63, 3.8) is 0 Å². The molecule has 0 aromatic carbocycles. The van der Waals surface area contributed by atoms with E-state index in [0.29, 0.717) is 25.1 Å². The van der Waals surface area contributed by atoms with Gasteiger partial charge < -0.3 is 14.7 Å². The number of piperazine rings is 1. The Hall–Kier alpha value is -2.97. The number of carbonyl (C=O) groups excluding carboxylic acids is 1. The molecule has 0 aliphatic carbocycles. The number of rotatable bonds is 5. The maximum atomic E-state index is 12.8. The number of amides is 1. The monoisotopic (exact) mass is 411 g/mol. The van der Waals surface area contributed by atoms with E-state index < -0.39 is 0 Å². The molecule has 0 unspecified atom stereocenters. The van der Waals surface area contributed by atoms with Crippen LogP contribution in [0.3, 0.4) is 0 Å². The van der Waals surface area contributed by atoms with Crippen molar-refractivity contribution in [1.82, 2.24) is 25.1 Å². The second-order valence-corrected chi connectivity index (χ2v) is 8.19. The Balaban J connectivity index is 1.28. The largest absolute Gasteiger partial charge is 0.352 e. The number of H-pyrrole nitrogens is 1. The number of aromatic amines is 1. The molecule has 1 N–H and O–H groups in total. The van der Waals surface area contributed by atoms with Crippen molar-refractivity contribution in [2.45, 2.75) is 45.6 Å². The molecule has 4 rings (SSSR count). The maximum absolute atomic E-state index is 12.8. The fourth-order valence-electron chi connectivity index (χ4n) is 4.23. The van der Waals surface area contributed by atoms with E-state index in [1.165, 1.54) is 0 Å². The Morgan fingerprint density at radius 2 is 1.87 bits per heavy atom. The van der Waals surface area contributed by atoms with Crippen molar-refractivity contribution in [2.75, 3.05) is 42.5 Å². The third-order valence-electron chi connectivity index (χ3n) is 6.02. The first-order chi connectivity index (χ1) is 14.5. The highest BCUT2D eigenvalue weighted by Crippen LogP contribution is 2.26. The Labute approximate surface area is 176 Å². The third kappa shape index (κ3) is 4.44. The van der Waals surface area contributed by atoms with Gasteiger partial charge in [-0.1, -0.05) is 0 Å². The molecule has 0 radical (unpaired) electrons. The lowest BCUT2D eigenvalue weighted by Gasteiger charge is -2.35. The van der Waals surface area contributed by atoms with Gasteiger partial charge in [0, 0.05) is 63.1 Å². The van der Waals surface area contributed by atoms with Gasteiger partial charge >= 0.3 is 0 Å². The summed E-state index contributed by atoms with van der Waals surface area (Å²) in [4.78, 5) is 39.4. The molecular formula is C21H29N7O2. The maximum Gasteiger partial charge on any atom is 0.267 e. The molecule has 30 heavy (non-hydrogen) atoms. The van der Waals surface area contributed by atoms with Crippen LogP contribution in [0, 0.1) is 13.8 Å². The standard InChI is InChI=1S/C21H29N7O2/c1-15-13-22-21(23-14-15)27-10-8-26(9-11-27)19(29)6-5-17-4-3-7-28(17)18-12-16(2)20(30)25-24-18/h12-14,17H,3-11H2,1-2H3,(H,25,30)/t17-/m0/s1. The van der Waals surface area contributed by atoms with Crippen LogP contribution in [0.1, 0.15) is 36.8 Å². The fraction of sp³-hybridized carbons (Fsp3) is 0.571. The Kier molecular flexibility index (Phi) is 5.96. The molecule has 160 valence electrons. The molecule has 2 saturated heterocycles. The number of hydrogen-bond donors (Lipinski definition) is 1. The summed E-state index contributed by atoms with van der Waals surface area (Å²) in [5.74, 6) is 1.74. The Morgan fingerprint density at radius 3 is 2.57 bits per heavy atom. The highest BCUT2D eigenvalue weighted by Gasteiger charge is 2.28. The summed E-state index contributed by atoms with van der Waals surface area (Å²) in [6.07, 6.45) is 7.11. The molecule has 0 saturated carbocycles. The van der Waals surface area contributed by atoms with Crippen LogP contribution >= 0.6 is 0 Å². The lowest BCUT2D eigenvalue weighted by molar-refractivity contribution is -0.131. The molecule has 4 heterocycles. The lowest BCUT2D eigenvalue weighted by Crippen LogP contribution is -2.49. The van der Waals surface area contributed by atoms with Crippen molar-refractivity contribution < 1.29 is 4.79 Å². The minimum atomic E-state index is -0.153. The summed E-state index contributed by atoms with van der Waals surface area (Å²) >= 11 is 0. The molecule has 2 aromatic heterocycles. The van der Waals surface area contributed by atoms with E-state index in [1.807, 2.05) is 30.3 Å². The second-order valence-electron chi connectivity index (χ2n) is 8.19. The number of hydrogen-bond acceptors (Lipinski definition) is 7. The van der Waals surface area contributed by atoms with Crippen LogP contribution in [-0.4, -0.2) is 69.7 Å². The summed E-state index contributed by atoms with van der Waals surface area (Å²) in [6.45, 7) is 7.58. The van der Waals surface area contributed by atoms with Crippen LogP contribution in [0.25, 0.3) is 0 Å². The molecule has 2 aromatic rings. The number of anilines is 2. The molecule has 0 bridgehead atoms. The van der Waals surface area contributed by atoms with Gasteiger partial charge in [-0.2, -0.15) is 5.10 Å². The zero-order chi connectivity index (χ0) is 21.1. The normalized spacial score (nSPS) is 19.4. The first kappa shape index (κ1) is 20.3. The van der Waals surface area contributed by atoms with Gasteiger partial charge in [0.25, 0.3) is 5.56 Å². The Bertz CT molecular complexity index is 935. The van der Waals surface area contributed by atoms with Crippen molar-refractivity contribution in [3.8, 4) is 0 Å². The second kappa shape index (κ2) is 8.81. The van der Waals surface area contributed by atoms with E-state index in [1.54, 1.807) is 6.92 Å². The summed E-state index contributed by atoms with van der Waals surface area (Å²) in [5.41, 5.74) is 1.55. The average Bonchev–Trinajstić information content (AvgIpc) is 3.23. The predicted molar refractivity (Wildman–Crippen MR) is 115 cm³/mol. The van der Waals surface area contributed by atoms with Crippen molar-refractivity contribution in [1.29, 1.82) is 0 Å². The average molecular weight is 412 g/mol. The number of nitrogens with one attached hydrogen (secondary N) is 1. The summed E-state index contributed by atoms with van der Waals surface area (Å²) in [7, 11) is 0. The van der Waals surface area contributed by atoms with Gasteiger partial charge in [0.15, 0.2) is 0 Å². The summed E-state index contributed by atoms with van der Waals surface area (Å²) < 4.78 is 0. The van der Waals surface area contributed by atoms with Gasteiger partial charge in [0.05, 0.1) is 0 Å². The molecule has 1 amide bonds. The van der Waals surface area contributed by atoms with Crippen LogP contribution in [0.5, 0.6) is 0 Å². The highest BCUT2D eigenvalue weighted by molar-refractivity contribution is 5.76. The zero-order valence-corrected chi connectivity index (χ0v) is 17.7. The van der Waals surface area contributed by atoms with Gasteiger partial charge in [-0.3, -0.25) is 9.59 Å². The molecule has 1 atom stereocenters. The van der Waals surface area contributed by atoms with Crippen molar-refractivity contribution in [2.24, 2.45) is 0 Å². The SMILES string of the molecule is Cc1cnc(N2CCN(C(=O)CC[C@@H]3CCCN3c3cc(C)c(=O)[nH]n3)CC2)nc1. The minimum absolute atomic E-state index is 0.153. The predicted octanol–water partition coefficient (Wildman–Crippen LogP) is 1.27. The van der Waals surface area contributed by atoms with Gasteiger partial charge in [0.1, 0.15) is 5.82 Å². The van der Waals surface area contributed by atoms with E-state index in [2.05, 4.69) is 30.0 Å². The molecule has 2 aliphatic heterocycles. The van der Waals surface area contributed by atoms with Gasteiger partial charge in [0.2, 0.25) is 11.9 Å². The van der Waals surface area contributed by atoms with E-state index in [-0.39, 0.29) is 17.5 Å². The molecule has 0 spiro atoms. The number of aryl methyl sites for hydroxylation is 2. The first-order valence-corrected chi connectivity index (χ1v) is 10.7. The van der Waals surface area contributed by atoms with E-state index in [9.17, 15) is 9.59 Å². The molecule has 9 nitrogen and oxygen atoms in total. The van der Waals surface area contributed by atoms with Crippen LogP contribution < -0.4 is 15.4 Å². The smallest absolute Gasteiger partial charge is 0.267 e. The third-order valence-corrected chi connectivity index (χ3v) is 6.02. The van der Waals surface area contributed by atoms with E-state index >= 15 is 0 Å². The molecule has 9 heteroatoms. The van der Waals surface area contributed by atoms with Gasteiger partial charge in [-0.25, -0.2) is 15.1 Å². The molecule has 2 aliphatic rings. The molecule has 2 fully saturated rings. The lowest BCUT2D eigenvalue weighted by atomic mass is 10.1. The van der Waals surface area contributed by atoms with E-state index in [4.69, 9.17) is 0 Å². The topological polar surface area (TPSA) is 98.3 Å². The van der Waals surface area contributed by atoms with Crippen molar-refractivity contribution in [3.05, 3.63) is 39.9 Å². The van der Waals surface area contributed by atoms with Crippen LogP contribution in [0.2, 0.25) is 0 Å². The Morgan fingerprint density at radius 1 is 1.13 bits per heavy atom. The fourth-order valence-corrected chi connectivity index (χ4v) is 4.23. The van der Waals surface area contributed by atoms with Gasteiger partial charge in [-0.05, 0) is 44.7 Å². The highest BCUT2D eigenvalue weighted by atomic mass is 16.2. The number of carbonyl (C=O) groups is 1. The van der Waals surface area contributed by atoms with E-state index in [0.717, 1.165) is 56.2 Å². The summed E-state index contributed by atoms with van der Waals surface area (Å²) in [6, 6.07) is 2.12. The quantitative estimate of drug-likeness (QED) is 0.791. The minimum Gasteiger partial charge on any atom is -0.352 e. The van der Waals surface area contributed by atoms with Crippen molar-refractivity contribution >= 4 is 17.7 Å². The number of nitrogens with zero attached hydrogens (tertiary/aromatic N) is 6.